The summed E-state index contributed by atoms with van der Waals surface area (Å²) in [6.45, 7) is 3.63. The number of hydrogen-bond acceptors (Lipinski definition) is 4. The Morgan fingerprint density at radius 3 is 2.63 bits per heavy atom. The van der Waals surface area contributed by atoms with Gasteiger partial charge in [0.25, 0.3) is 0 Å². The second-order valence-corrected chi connectivity index (χ2v) is 9.13. The van der Waals surface area contributed by atoms with E-state index in [2.05, 4.69) is 17.0 Å². The summed E-state index contributed by atoms with van der Waals surface area (Å²) >= 11 is 7.95. The topological polar surface area (TPSA) is 41.6 Å². The first-order valence-electron chi connectivity index (χ1n) is 9.78. The van der Waals surface area contributed by atoms with Gasteiger partial charge in [0.05, 0.1) is 10.7 Å². The lowest BCUT2D eigenvalue weighted by molar-refractivity contribution is 0.228. The van der Waals surface area contributed by atoms with Crippen LogP contribution in [0.25, 0.3) is 0 Å². The predicted octanol–water partition coefficient (Wildman–Crippen LogP) is 5.54. The molecule has 3 nitrogen and oxygen atoms in total. The van der Waals surface area contributed by atoms with E-state index in [-0.39, 0.29) is 0 Å². The average molecular weight is 400 g/mol. The second kappa shape index (κ2) is 8.36. The fourth-order valence-corrected chi connectivity index (χ4v) is 5.41. The predicted molar refractivity (Wildman–Crippen MR) is 117 cm³/mol. The molecule has 0 spiro atoms. The monoisotopic (exact) mass is 399 g/mol. The zero-order chi connectivity index (χ0) is 18.7. The van der Waals surface area contributed by atoms with E-state index < -0.39 is 4.87 Å². The summed E-state index contributed by atoms with van der Waals surface area (Å²) < 4.78 is 0. The number of thioether (sulfide) groups is 1. The molecule has 1 atom stereocenters. The number of nitrogens with zero attached hydrogens (tertiary/aromatic N) is 2. The van der Waals surface area contributed by atoms with Crippen LogP contribution < -0.4 is 5.73 Å². The molecule has 2 aliphatic rings. The van der Waals surface area contributed by atoms with Crippen LogP contribution in [0.1, 0.15) is 43.2 Å². The van der Waals surface area contributed by atoms with E-state index in [0.717, 1.165) is 41.2 Å². The molecule has 0 saturated carbocycles. The summed E-state index contributed by atoms with van der Waals surface area (Å²) in [6, 6.07) is 16.1. The number of aliphatic imine (C=N–C) groups is 1. The third-order valence-corrected chi connectivity index (χ3v) is 6.94. The van der Waals surface area contributed by atoms with Crippen molar-refractivity contribution in [2.24, 2.45) is 10.7 Å². The molecular formula is C22H26ClN3S. The number of benzene rings is 2. The molecule has 2 heterocycles. The molecule has 0 bridgehead atoms. The fraction of sp³-hybridized carbons (Fsp3) is 0.409. The van der Waals surface area contributed by atoms with Crippen LogP contribution in [0.2, 0.25) is 5.02 Å². The lowest BCUT2D eigenvalue weighted by atomic mass is 9.97. The summed E-state index contributed by atoms with van der Waals surface area (Å²) in [4.78, 5) is 6.84. The van der Waals surface area contributed by atoms with Crippen molar-refractivity contribution in [3.63, 3.8) is 0 Å². The third kappa shape index (κ3) is 4.24. The molecule has 2 aromatic rings. The minimum atomic E-state index is -0.649. The zero-order valence-electron chi connectivity index (χ0n) is 15.5. The minimum absolute atomic E-state index is 0.649. The first-order valence-corrected chi connectivity index (χ1v) is 11.0. The van der Waals surface area contributed by atoms with Gasteiger partial charge in [-0.1, -0.05) is 60.1 Å². The molecule has 0 amide bonds. The Balaban J connectivity index is 1.56. The second-order valence-electron chi connectivity index (χ2n) is 7.38. The minimum Gasteiger partial charge on any atom is -0.309 e. The number of nitrogens with two attached hydrogens (primary N) is 1. The molecule has 5 heteroatoms. The van der Waals surface area contributed by atoms with Crippen LogP contribution in [-0.2, 0) is 4.87 Å². The normalized spacial score (nSPS) is 23.0. The highest BCUT2D eigenvalue weighted by atomic mass is 35.5. The van der Waals surface area contributed by atoms with Gasteiger partial charge in [0.2, 0.25) is 0 Å². The van der Waals surface area contributed by atoms with Crippen LogP contribution in [0.15, 0.2) is 53.5 Å². The van der Waals surface area contributed by atoms with Gasteiger partial charge < -0.3 is 10.6 Å². The van der Waals surface area contributed by atoms with Crippen molar-refractivity contribution in [1.82, 2.24) is 4.90 Å². The molecule has 1 unspecified atom stereocenters. The molecule has 1 saturated heterocycles. The smallest absolute Gasteiger partial charge is 0.121 e. The highest BCUT2D eigenvalue weighted by molar-refractivity contribution is 8.14. The van der Waals surface area contributed by atoms with Crippen molar-refractivity contribution in [3.05, 3.63) is 64.7 Å². The quantitative estimate of drug-likeness (QED) is 0.717. The number of fused-ring (bicyclic) bond motifs is 1. The average Bonchev–Trinajstić information content (AvgIpc) is 2.70. The van der Waals surface area contributed by atoms with Crippen molar-refractivity contribution >= 4 is 34.1 Å². The van der Waals surface area contributed by atoms with Crippen LogP contribution in [-0.4, -0.2) is 29.6 Å². The number of likely N-dealkylation sites (tertiary alicyclic amines) is 1. The van der Waals surface area contributed by atoms with Crippen LogP contribution in [0.3, 0.4) is 0 Å². The van der Waals surface area contributed by atoms with Gasteiger partial charge in [-0.05, 0) is 69.1 Å². The van der Waals surface area contributed by atoms with E-state index in [1.165, 1.54) is 32.4 Å². The van der Waals surface area contributed by atoms with Crippen LogP contribution >= 0.6 is 23.4 Å². The summed E-state index contributed by atoms with van der Waals surface area (Å²) in [6.07, 6.45) is 6.15. The summed E-state index contributed by atoms with van der Waals surface area (Å²) in [7, 11) is 0. The molecular weight excluding hydrogens is 374 g/mol. The van der Waals surface area contributed by atoms with Gasteiger partial charge in [-0.2, -0.15) is 0 Å². The van der Waals surface area contributed by atoms with Crippen molar-refractivity contribution in [3.8, 4) is 0 Å². The summed E-state index contributed by atoms with van der Waals surface area (Å²) in [5, 5.41) is 1.82. The van der Waals surface area contributed by atoms with Crippen LogP contribution in [0, 0.1) is 0 Å². The number of piperidine rings is 1. The number of hydrogen-bond donors (Lipinski definition) is 1. The Labute approximate surface area is 171 Å². The first-order chi connectivity index (χ1) is 13.1. The zero-order valence-corrected chi connectivity index (χ0v) is 17.1. The van der Waals surface area contributed by atoms with Gasteiger partial charge in [-0.25, -0.2) is 4.99 Å². The van der Waals surface area contributed by atoms with E-state index in [0.29, 0.717) is 5.02 Å². The Hall–Kier alpha value is -1.33. The van der Waals surface area contributed by atoms with E-state index in [1.807, 2.05) is 36.4 Å². The lowest BCUT2D eigenvalue weighted by Gasteiger charge is -2.35. The Kier molecular flexibility index (Phi) is 5.88. The standard InChI is InChI=1S/C22H26ClN3S/c23-18-11-12-20-19(16-18)22(24,17-8-3-1-4-9-17)27-21(25-20)10-7-15-26-13-5-2-6-14-26/h1,3-4,8-9,11-12,16H,2,5-7,10,13-15,24H2. The molecule has 27 heavy (non-hydrogen) atoms. The maximum Gasteiger partial charge on any atom is 0.121 e. The van der Waals surface area contributed by atoms with Gasteiger partial charge in [0, 0.05) is 10.6 Å². The highest BCUT2D eigenvalue weighted by Gasteiger charge is 2.37. The maximum absolute atomic E-state index is 6.98. The van der Waals surface area contributed by atoms with E-state index in [9.17, 15) is 0 Å². The number of halogens is 1. The van der Waals surface area contributed by atoms with Gasteiger partial charge in [-0.3, -0.25) is 0 Å². The van der Waals surface area contributed by atoms with Gasteiger partial charge in [0.15, 0.2) is 0 Å². The van der Waals surface area contributed by atoms with Gasteiger partial charge >= 0.3 is 0 Å². The van der Waals surface area contributed by atoms with E-state index in [1.54, 1.807) is 11.8 Å². The van der Waals surface area contributed by atoms with Gasteiger partial charge in [0.1, 0.15) is 4.87 Å². The van der Waals surface area contributed by atoms with E-state index >= 15 is 0 Å². The Morgan fingerprint density at radius 1 is 1.07 bits per heavy atom. The van der Waals surface area contributed by atoms with E-state index in [4.69, 9.17) is 22.3 Å². The lowest BCUT2D eigenvalue weighted by Crippen LogP contribution is -2.37. The molecule has 2 aliphatic heterocycles. The molecule has 0 radical (unpaired) electrons. The molecule has 2 aromatic carbocycles. The van der Waals surface area contributed by atoms with Crippen molar-refractivity contribution in [1.29, 1.82) is 0 Å². The van der Waals surface area contributed by atoms with Crippen molar-refractivity contribution in [2.45, 2.75) is 37.0 Å². The number of rotatable bonds is 5. The van der Waals surface area contributed by atoms with Crippen LogP contribution in [0.4, 0.5) is 5.69 Å². The largest absolute Gasteiger partial charge is 0.309 e. The van der Waals surface area contributed by atoms with Crippen molar-refractivity contribution < 1.29 is 0 Å². The Morgan fingerprint density at radius 2 is 1.85 bits per heavy atom. The Bertz CT molecular complexity index is 818. The van der Waals surface area contributed by atoms with Crippen molar-refractivity contribution in [2.75, 3.05) is 19.6 Å². The maximum atomic E-state index is 6.98. The molecule has 142 valence electrons. The summed E-state index contributed by atoms with van der Waals surface area (Å²) in [5.74, 6) is 0. The molecule has 4 rings (SSSR count). The fourth-order valence-electron chi connectivity index (χ4n) is 3.95. The molecule has 2 N–H and O–H groups in total. The molecule has 0 aliphatic carbocycles. The SMILES string of the molecule is NC1(c2ccccc2)SC(CCCN2CCCCC2)=Nc2ccc(Cl)cc21. The first kappa shape index (κ1) is 19.0. The molecule has 1 fully saturated rings. The van der Waals surface area contributed by atoms with Crippen LogP contribution in [0.5, 0.6) is 0 Å². The van der Waals surface area contributed by atoms with Gasteiger partial charge in [-0.15, -0.1) is 0 Å². The third-order valence-electron chi connectivity index (χ3n) is 5.40. The molecule has 0 aromatic heterocycles. The highest BCUT2D eigenvalue weighted by Crippen LogP contribution is 2.48. The summed E-state index contributed by atoms with van der Waals surface area (Å²) in [5.41, 5.74) is 10.00.